The largest absolute Gasteiger partial charge is 0.481 e. The Kier molecular flexibility index (Phi) is 4.71. The zero-order valence-corrected chi connectivity index (χ0v) is 13.3. The standard InChI is InChI=1S/C17H21NO3S/c19-16(20)8-7-12-4-3-9-18(10-12)17(21)14-11-22-15-6-2-1-5-13(14)15/h1-2,5-6,12,14H,3-4,7-11H2,(H,19,20)/t12-,14-/m1/s1. The van der Waals surface area contributed by atoms with Gasteiger partial charge in [-0.1, -0.05) is 18.2 Å². The SMILES string of the molecule is O=C(O)CC[C@H]1CCCN(C(=O)[C@@H]2CSc3ccccc32)C1. The maximum atomic E-state index is 12.8. The molecule has 2 aliphatic heterocycles. The van der Waals surface area contributed by atoms with Gasteiger partial charge in [-0.05, 0) is 36.8 Å². The topological polar surface area (TPSA) is 57.6 Å². The third kappa shape index (κ3) is 3.29. The first-order chi connectivity index (χ1) is 10.6. The molecule has 1 saturated heterocycles. The van der Waals surface area contributed by atoms with Crippen LogP contribution in [0.2, 0.25) is 0 Å². The second kappa shape index (κ2) is 6.73. The van der Waals surface area contributed by atoms with Gasteiger partial charge < -0.3 is 10.0 Å². The van der Waals surface area contributed by atoms with Gasteiger partial charge in [-0.2, -0.15) is 0 Å². The van der Waals surface area contributed by atoms with E-state index in [1.807, 2.05) is 17.0 Å². The number of rotatable bonds is 4. The van der Waals surface area contributed by atoms with Gasteiger partial charge in [-0.3, -0.25) is 9.59 Å². The van der Waals surface area contributed by atoms with Gasteiger partial charge in [0.1, 0.15) is 0 Å². The molecule has 1 N–H and O–H groups in total. The van der Waals surface area contributed by atoms with Gasteiger partial charge in [0, 0.05) is 30.2 Å². The molecular formula is C17H21NO3S. The van der Waals surface area contributed by atoms with Crippen molar-refractivity contribution in [2.45, 2.75) is 36.5 Å². The van der Waals surface area contributed by atoms with E-state index in [0.29, 0.717) is 12.3 Å². The summed E-state index contributed by atoms with van der Waals surface area (Å²) >= 11 is 1.76. The molecule has 0 unspecified atom stereocenters. The van der Waals surface area contributed by atoms with Crippen molar-refractivity contribution in [2.75, 3.05) is 18.8 Å². The highest BCUT2D eigenvalue weighted by atomic mass is 32.2. The molecule has 0 aromatic heterocycles. The fraction of sp³-hybridized carbons (Fsp3) is 0.529. The minimum atomic E-state index is -0.746. The number of amides is 1. The van der Waals surface area contributed by atoms with E-state index in [4.69, 9.17) is 5.11 Å². The second-order valence-corrected chi connectivity index (χ2v) is 7.19. The number of likely N-dealkylation sites (tertiary alicyclic amines) is 1. The lowest BCUT2D eigenvalue weighted by molar-refractivity contribution is -0.137. The number of carboxylic acid groups (broad SMARTS) is 1. The van der Waals surface area contributed by atoms with E-state index >= 15 is 0 Å². The fourth-order valence-corrected chi connectivity index (χ4v) is 4.64. The number of hydrogen-bond donors (Lipinski definition) is 1. The summed E-state index contributed by atoms with van der Waals surface area (Å²) < 4.78 is 0. The Morgan fingerprint density at radius 3 is 2.95 bits per heavy atom. The predicted molar refractivity (Wildman–Crippen MR) is 86.1 cm³/mol. The summed E-state index contributed by atoms with van der Waals surface area (Å²) in [5, 5.41) is 8.82. The fourth-order valence-electron chi connectivity index (χ4n) is 3.42. The van der Waals surface area contributed by atoms with Crippen LogP contribution in [0, 0.1) is 5.92 Å². The average molecular weight is 319 g/mol. The number of piperidine rings is 1. The Morgan fingerprint density at radius 1 is 1.32 bits per heavy atom. The Bertz CT molecular complexity index is 575. The van der Waals surface area contributed by atoms with E-state index in [1.54, 1.807) is 11.8 Å². The zero-order valence-electron chi connectivity index (χ0n) is 12.5. The number of benzene rings is 1. The normalized spacial score (nSPS) is 24.1. The molecule has 1 aromatic rings. The molecule has 1 fully saturated rings. The van der Waals surface area contributed by atoms with Crippen molar-refractivity contribution in [2.24, 2.45) is 5.92 Å². The molecule has 2 heterocycles. The Morgan fingerprint density at radius 2 is 2.14 bits per heavy atom. The summed E-state index contributed by atoms with van der Waals surface area (Å²) in [7, 11) is 0. The van der Waals surface area contributed by atoms with E-state index in [-0.39, 0.29) is 18.2 Å². The molecule has 0 aliphatic carbocycles. The average Bonchev–Trinajstić information content (AvgIpc) is 2.96. The van der Waals surface area contributed by atoms with Crippen LogP contribution in [-0.2, 0) is 9.59 Å². The highest BCUT2D eigenvalue weighted by Gasteiger charge is 2.34. The van der Waals surface area contributed by atoms with Crippen molar-refractivity contribution in [1.82, 2.24) is 4.90 Å². The summed E-state index contributed by atoms with van der Waals surface area (Å²) in [6.07, 6.45) is 2.90. The molecule has 0 saturated carbocycles. The predicted octanol–water partition coefficient (Wildman–Crippen LogP) is 2.98. The van der Waals surface area contributed by atoms with Crippen LogP contribution < -0.4 is 0 Å². The van der Waals surface area contributed by atoms with Crippen LogP contribution in [0.15, 0.2) is 29.2 Å². The van der Waals surface area contributed by atoms with E-state index in [0.717, 1.165) is 37.2 Å². The zero-order chi connectivity index (χ0) is 15.5. The van der Waals surface area contributed by atoms with Gasteiger partial charge in [0.2, 0.25) is 5.91 Å². The molecule has 5 heteroatoms. The van der Waals surface area contributed by atoms with E-state index in [1.165, 1.54) is 4.90 Å². The number of carbonyl (C=O) groups is 2. The maximum absolute atomic E-state index is 12.8. The third-order valence-electron chi connectivity index (χ3n) is 4.60. The minimum Gasteiger partial charge on any atom is -0.481 e. The molecule has 2 atom stereocenters. The lowest BCUT2D eigenvalue weighted by Gasteiger charge is -2.34. The number of nitrogens with zero attached hydrogens (tertiary/aromatic N) is 1. The number of carbonyl (C=O) groups excluding carboxylic acids is 1. The van der Waals surface area contributed by atoms with Crippen molar-refractivity contribution < 1.29 is 14.7 Å². The third-order valence-corrected chi connectivity index (χ3v) is 5.78. The Hall–Kier alpha value is -1.49. The van der Waals surface area contributed by atoms with Gasteiger partial charge in [0.25, 0.3) is 0 Å². The van der Waals surface area contributed by atoms with Gasteiger partial charge in [-0.25, -0.2) is 0 Å². The molecule has 1 aromatic carbocycles. The highest BCUT2D eigenvalue weighted by Crippen LogP contribution is 2.40. The molecule has 2 aliphatic rings. The molecule has 1 amide bonds. The smallest absolute Gasteiger partial charge is 0.303 e. The monoisotopic (exact) mass is 319 g/mol. The summed E-state index contributed by atoms with van der Waals surface area (Å²) in [6.45, 7) is 1.53. The van der Waals surface area contributed by atoms with E-state index in [2.05, 4.69) is 12.1 Å². The summed E-state index contributed by atoms with van der Waals surface area (Å²) in [5.74, 6) is 0.605. The molecule has 0 bridgehead atoms. The number of thioether (sulfide) groups is 1. The van der Waals surface area contributed by atoms with Crippen LogP contribution in [0.4, 0.5) is 0 Å². The molecule has 118 valence electrons. The number of carboxylic acids is 1. The van der Waals surface area contributed by atoms with Crippen LogP contribution >= 0.6 is 11.8 Å². The van der Waals surface area contributed by atoms with E-state index < -0.39 is 5.97 Å². The van der Waals surface area contributed by atoms with Gasteiger partial charge >= 0.3 is 5.97 Å². The van der Waals surface area contributed by atoms with Crippen molar-refractivity contribution in [3.63, 3.8) is 0 Å². The lowest BCUT2D eigenvalue weighted by Crippen LogP contribution is -2.42. The Balaban J connectivity index is 1.64. The van der Waals surface area contributed by atoms with Crippen LogP contribution in [0.3, 0.4) is 0 Å². The van der Waals surface area contributed by atoms with Gasteiger partial charge in [0.15, 0.2) is 0 Å². The van der Waals surface area contributed by atoms with Crippen molar-refractivity contribution >= 4 is 23.6 Å². The van der Waals surface area contributed by atoms with Crippen molar-refractivity contribution in [3.05, 3.63) is 29.8 Å². The molecule has 22 heavy (non-hydrogen) atoms. The van der Waals surface area contributed by atoms with Crippen molar-refractivity contribution in [3.8, 4) is 0 Å². The Labute approximate surface area is 134 Å². The van der Waals surface area contributed by atoms with E-state index in [9.17, 15) is 9.59 Å². The second-order valence-electron chi connectivity index (χ2n) is 6.13. The highest BCUT2D eigenvalue weighted by molar-refractivity contribution is 7.99. The maximum Gasteiger partial charge on any atom is 0.303 e. The number of hydrogen-bond acceptors (Lipinski definition) is 3. The molecule has 0 radical (unpaired) electrons. The summed E-state index contributed by atoms with van der Waals surface area (Å²) in [5.41, 5.74) is 1.16. The minimum absolute atomic E-state index is 0.0283. The van der Waals surface area contributed by atoms with Crippen molar-refractivity contribution in [1.29, 1.82) is 0 Å². The van der Waals surface area contributed by atoms with Crippen LogP contribution in [0.1, 0.15) is 37.2 Å². The van der Waals surface area contributed by atoms with Crippen LogP contribution in [-0.4, -0.2) is 40.7 Å². The first kappa shape index (κ1) is 15.4. The van der Waals surface area contributed by atoms with Crippen LogP contribution in [0.25, 0.3) is 0 Å². The molecular weight excluding hydrogens is 298 g/mol. The summed E-state index contributed by atoms with van der Waals surface area (Å²) in [4.78, 5) is 26.7. The number of fused-ring (bicyclic) bond motifs is 1. The number of aliphatic carboxylic acids is 1. The molecule has 4 nitrogen and oxygen atoms in total. The first-order valence-electron chi connectivity index (χ1n) is 7.87. The quantitative estimate of drug-likeness (QED) is 0.927. The molecule has 0 spiro atoms. The lowest BCUT2D eigenvalue weighted by atomic mass is 9.91. The first-order valence-corrected chi connectivity index (χ1v) is 8.86. The molecule has 3 rings (SSSR count). The van der Waals surface area contributed by atoms with Crippen LogP contribution in [0.5, 0.6) is 0 Å². The van der Waals surface area contributed by atoms with Gasteiger partial charge in [0.05, 0.1) is 5.92 Å². The van der Waals surface area contributed by atoms with Gasteiger partial charge in [-0.15, -0.1) is 11.8 Å². The summed E-state index contributed by atoms with van der Waals surface area (Å²) in [6, 6.07) is 8.15.